The zero-order chi connectivity index (χ0) is 19.2. The fourth-order valence-corrected chi connectivity index (χ4v) is 3.17. The zero-order valence-corrected chi connectivity index (χ0v) is 16.3. The molecule has 1 heterocycles. The third kappa shape index (κ3) is 5.27. The number of hydrogen-bond donors (Lipinski definition) is 2. The number of para-hydroxylation sites is 1. The molecule has 7 heteroatoms. The lowest BCUT2D eigenvalue weighted by molar-refractivity contribution is 0.262. The van der Waals surface area contributed by atoms with Crippen molar-refractivity contribution >= 4 is 28.2 Å². The molecule has 3 rings (SSSR count). The molecule has 1 aromatic heterocycles. The van der Waals surface area contributed by atoms with Crippen molar-refractivity contribution in [3.05, 3.63) is 64.7 Å². The van der Waals surface area contributed by atoms with Gasteiger partial charge < -0.3 is 10.1 Å². The zero-order valence-electron chi connectivity index (χ0n) is 15.5. The summed E-state index contributed by atoms with van der Waals surface area (Å²) in [5.41, 5.74) is 3.01. The summed E-state index contributed by atoms with van der Waals surface area (Å²) in [7, 11) is 0. The minimum atomic E-state index is -0.356. The Morgan fingerprint density at radius 1 is 1.11 bits per heavy atom. The van der Waals surface area contributed by atoms with Crippen LogP contribution in [-0.2, 0) is 6.61 Å². The van der Waals surface area contributed by atoms with Crippen molar-refractivity contribution in [1.29, 1.82) is 0 Å². The first-order valence-corrected chi connectivity index (χ1v) is 9.51. The van der Waals surface area contributed by atoms with Crippen LogP contribution in [0.15, 0.2) is 48.5 Å². The third-order valence-electron chi connectivity index (χ3n) is 3.86. The number of benzene rings is 2. The average Bonchev–Trinajstić information content (AvgIpc) is 3.07. The van der Waals surface area contributed by atoms with Gasteiger partial charge in [0.1, 0.15) is 12.4 Å². The van der Waals surface area contributed by atoms with E-state index in [1.54, 1.807) is 0 Å². The van der Waals surface area contributed by atoms with Gasteiger partial charge in [-0.05, 0) is 42.2 Å². The highest BCUT2D eigenvalue weighted by molar-refractivity contribution is 7.15. The molecule has 0 saturated heterocycles. The topological polar surface area (TPSA) is 76.1 Å². The molecular weight excluding hydrogens is 360 g/mol. The van der Waals surface area contributed by atoms with E-state index in [1.807, 2.05) is 43.3 Å². The number of nitrogens with zero attached hydrogens (tertiary/aromatic N) is 2. The Hall–Kier alpha value is -2.93. The molecule has 2 N–H and O–H groups in total. The lowest BCUT2D eigenvalue weighted by Gasteiger charge is -2.13. The van der Waals surface area contributed by atoms with E-state index in [0.29, 0.717) is 28.4 Å². The van der Waals surface area contributed by atoms with Gasteiger partial charge in [0.15, 0.2) is 5.01 Å². The number of anilines is 2. The molecule has 0 aliphatic heterocycles. The van der Waals surface area contributed by atoms with Gasteiger partial charge in [0, 0.05) is 5.69 Å². The second-order valence-corrected chi connectivity index (χ2v) is 7.49. The lowest BCUT2D eigenvalue weighted by Crippen LogP contribution is -2.19. The normalized spacial score (nSPS) is 10.7. The number of ether oxygens (including phenoxy) is 1. The maximum absolute atomic E-state index is 12.0. The monoisotopic (exact) mass is 382 g/mol. The van der Waals surface area contributed by atoms with Gasteiger partial charge in [0.05, 0.1) is 0 Å². The minimum absolute atomic E-state index is 0.308. The number of rotatable bonds is 6. The summed E-state index contributed by atoms with van der Waals surface area (Å²) in [6.07, 6.45) is 0. The van der Waals surface area contributed by atoms with Crippen LogP contribution < -0.4 is 15.4 Å². The first-order chi connectivity index (χ1) is 13.0. The van der Waals surface area contributed by atoms with E-state index in [-0.39, 0.29) is 6.03 Å². The predicted molar refractivity (Wildman–Crippen MR) is 109 cm³/mol. The number of carbonyl (C=O) groups is 1. The molecule has 2 aromatic carbocycles. The molecule has 0 atom stereocenters. The Balaban J connectivity index is 1.58. The van der Waals surface area contributed by atoms with Crippen LogP contribution in [0.3, 0.4) is 0 Å². The predicted octanol–water partition coefficient (Wildman–Crippen LogP) is 5.19. The highest BCUT2D eigenvalue weighted by Gasteiger charge is 2.12. The Bertz CT molecular complexity index is 909. The molecule has 0 spiro atoms. The van der Waals surface area contributed by atoms with Gasteiger partial charge in [0.25, 0.3) is 0 Å². The highest BCUT2D eigenvalue weighted by Crippen LogP contribution is 2.28. The molecule has 6 nitrogen and oxygen atoms in total. The molecule has 140 valence electrons. The summed E-state index contributed by atoms with van der Waals surface area (Å²) in [5.74, 6) is 1.23. The number of aromatic nitrogens is 2. The van der Waals surface area contributed by atoms with Crippen molar-refractivity contribution in [2.24, 2.45) is 0 Å². The molecular formula is C20H22N4O2S. The second-order valence-electron chi connectivity index (χ2n) is 6.43. The largest absolute Gasteiger partial charge is 0.486 e. The molecule has 0 aliphatic carbocycles. The maximum Gasteiger partial charge on any atom is 0.325 e. The van der Waals surface area contributed by atoms with Gasteiger partial charge in [-0.25, -0.2) is 4.79 Å². The van der Waals surface area contributed by atoms with Crippen LogP contribution in [0.25, 0.3) is 0 Å². The summed E-state index contributed by atoms with van der Waals surface area (Å²) >= 11 is 1.29. The van der Waals surface area contributed by atoms with Crippen molar-refractivity contribution in [1.82, 2.24) is 10.2 Å². The van der Waals surface area contributed by atoms with E-state index in [0.717, 1.165) is 16.9 Å². The quantitative estimate of drug-likeness (QED) is 0.615. The van der Waals surface area contributed by atoms with E-state index in [1.165, 1.54) is 11.3 Å². The van der Waals surface area contributed by atoms with Crippen molar-refractivity contribution in [2.45, 2.75) is 33.3 Å². The number of carbonyl (C=O) groups excluding carboxylic acids is 1. The first-order valence-electron chi connectivity index (χ1n) is 8.70. The van der Waals surface area contributed by atoms with E-state index >= 15 is 0 Å². The van der Waals surface area contributed by atoms with Crippen molar-refractivity contribution in [3.63, 3.8) is 0 Å². The van der Waals surface area contributed by atoms with Crippen molar-refractivity contribution < 1.29 is 9.53 Å². The first kappa shape index (κ1) is 18.8. The summed E-state index contributed by atoms with van der Waals surface area (Å²) in [5, 5.41) is 14.6. The van der Waals surface area contributed by atoms with Gasteiger partial charge in [-0.3, -0.25) is 5.32 Å². The number of urea groups is 1. The van der Waals surface area contributed by atoms with Gasteiger partial charge >= 0.3 is 6.03 Å². The molecule has 0 saturated carbocycles. The van der Waals surface area contributed by atoms with Gasteiger partial charge in [-0.2, -0.15) is 0 Å². The van der Waals surface area contributed by atoms with E-state index < -0.39 is 0 Å². The summed E-state index contributed by atoms with van der Waals surface area (Å²) in [4.78, 5) is 12.0. The molecule has 0 bridgehead atoms. The maximum atomic E-state index is 12.0. The number of aryl methyl sites for hydroxylation is 1. The standard InChI is InChI=1S/C20H22N4O2S/c1-13(2)16-10-9-14(3)11-17(16)26-12-18-23-24-20(27-18)22-19(25)21-15-7-5-4-6-8-15/h4-11,13H,12H2,1-3H3,(H2,21,22,24,25). The Morgan fingerprint density at radius 3 is 2.63 bits per heavy atom. The Morgan fingerprint density at radius 2 is 1.89 bits per heavy atom. The fraction of sp³-hybridized carbons (Fsp3) is 0.250. The summed E-state index contributed by atoms with van der Waals surface area (Å²) in [6, 6.07) is 15.1. The van der Waals surface area contributed by atoms with Crippen molar-refractivity contribution in [2.75, 3.05) is 10.6 Å². The molecule has 0 fully saturated rings. The van der Waals surface area contributed by atoms with Crippen LogP contribution >= 0.6 is 11.3 Å². The SMILES string of the molecule is Cc1ccc(C(C)C)c(OCc2nnc(NC(=O)Nc3ccccc3)s2)c1. The highest BCUT2D eigenvalue weighted by atomic mass is 32.1. The molecule has 27 heavy (non-hydrogen) atoms. The Labute approximate surface area is 162 Å². The van der Waals surface area contributed by atoms with Crippen LogP contribution in [0.5, 0.6) is 5.75 Å². The molecule has 0 unspecified atom stereocenters. The lowest BCUT2D eigenvalue weighted by atomic mass is 10.0. The van der Waals surface area contributed by atoms with Crippen LogP contribution in [0.4, 0.5) is 15.6 Å². The Kier molecular flexibility index (Phi) is 6.03. The summed E-state index contributed by atoms with van der Waals surface area (Å²) in [6.45, 7) is 6.61. The van der Waals surface area contributed by atoms with Crippen molar-refractivity contribution in [3.8, 4) is 5.75 Å². The third-order valence-corrected chi connectivity index (χ3v) is 4.67. The molecule has 0 radical (unpaired) electrons. The van der Waals surface area contributed by atoms with Gasteiger partial charge in [0.2, 0.25) is 5.13 Å². The summed E-state index contributed by atoms with van der Waals surface area (Å²) < 4.78 is 5.96. The minimum Gasteiger partial charge on any atom is -0.486 e. The number of amides is 2. The molecule has 0 aliphatic rings. The fourth-order valence-electron chi connectivity index (χ4n) is 2.53. The molecule has 2 amide bonds. The average molecular weight is 382 g/mol. The van der Waals surface area contributed by atoms with Gasteiger partial charge in [-0.15, -0.1) is 10.2 Å². The smallest absolute Gasteiger partial charge is 0.325 e. The van der Waals surface area contributed by atoms with E-state index in [2.05, 4.69) is 46.8 Å². The van der Waals surface area contributed by atoms with E-state index in [9.17, 15) is 4.79 Å². The second kappa shape index (κ2) is 8.64. The van der Waals surface area contributed by atoms with Crippen LogP contribution in [0, 0.1) is 6.92 Å². The van der Waals surface area contributed by atoms with Crippen LogP contribution in [0.1, 0.15) is 35.9 Å². The molecule has 3 aromatic rings. The van der Waals surface area contributed by atoms with Crippen LogP contribution in [-0.4, -0.2) is 16.2 Å². The van der Waals surface area contributed by atoms with Crippen LogP contribution in [0.2, 0.25) is 0 Å². The number of nitrogens with one attached hydrogen (secondary N) is 2. The van der Waals surface area contributed by atoms with Gasteiger partial charge in [-0.1, -0.05) is 55.5 Å². The number of hydrogen-bond acceptors (Lipinski definition) is 5. The van der Waals surface area contributed by atoms with E-state index in [4.69, 9.17) is 4.74 Å².